The summed E-state index contributed by atoms with van der Waals surface area (Å²) in [6.07, 6.45) is 3.64. The van der Waals surface area contributed by atoms with Gasteiger partial charge >= 0.3 is 5.97 Å². The number of carbonyl (C=O) groups excluding carboxylic acids is 1. The van der Waals surface area contributed by atoms with Gasteiger partial charge in [0.25, 0.3) is 5.56 Å². The molecule has 0 bridgehead atoms. The molecule has 0 spiro atoms. The number of benzene rings is 3. The van der Waals surface area contributed by atoms with E-state index in [1.54, 1.807) is 47.5 Å². The Morgan fingerprint density at radius 1 is 1.16 bits per heavy atom. The van der Waals surface area contributed by atoms with E-state index in [4.69, 9.17) is 9.73 Å². The molecule has 1 aromatic heterocycles. The Morgan fingerprint density at radius 2 is 1.89 bits per heavy atom. The van der Waals surface area contributed by atoms with Gasteiger partial charge in [-0.25, -0.2) is 9.79 Å². The topological polar surface area (TPSA) is 80.9 Å². The third-order valence-electron chi connectivity index (χ3n) is 6.08. The number of aromatic hydroxyl groups is 1. The first-order valence-corrected chi connectivity index (χ1v) is 14.7. The highest BCUT2D eigenvalue weighted by Crippen LogP contribution is 2.35. The van der Waals surface area contributed by atoms with Crippen molar-refractivity contribution in [3.8, 4) is 5.75 Å². The number of hydrogen-bond donors (Lipinski definition) is 1. The fourth-order valence-electron chi connectivity index (χ4n) is 4.32. The van der Waals surface area contributed by atoms with Crippen LogP contribution in [0, 0.1) is 0 Å². The van der Waals surface area contributed by atoms with Crippen molar-refractivity contribution in [3.63, 3.8) is 0 Å². The van der Waals surface area contributed by atoms with Crippen LogP contribution in [-0.4, -0.2) is 28.5 Å². The van der Waals surface area contributed by atoms with Crippen molar-refractivity contribution in [2.24, 2.45) is 4.99 Å². The van der Waals surface area contributed by atoms with Gasteiger partial charge in [-0.05, 0) is 55.2 Å². The summed E-state index contributed by atoms with van der Waals surface area (Å²) in [7, 11) is 0. The summed E-state index contributed by atoms with van der Waals surface area (Å²) in [4.78, 5) is 33.8. The molecule has 0 aliphatic carbocycles. The van der Waals surface area contributed by atoms with Crippen LogP contribution < -0.4 is 14.9 Å². The number of phenols is 1. The second-order valence-corrected chi connectivity index (χ2v) is 11.2. The zero-order chi connectivity index (χ0) is 26.8. The molecule has 9 heteroatoms. The normalized spacial score (nSPS) is 15.2. The van der Waals surface area contributed by atoms with Gasteiger partial charge < -0.3 is 9.84 Å². The monoisotopic (exact) mass is 606 g/mol. The van der Waals surface area contributed by atoms with E-state index >= 15 is 0 Å². The van der Waals surface area contributed by atoms with Crippen LogP contribution >= 0.6 is 39.0 Å². The summed E-state index contributed by atoms with van der Waals surface area (Å²) in [5.41, 5.74) is 2.50. The second kappa shape index (κ2) is 11.1. The fourth-order valence-corrected chi connectivity index (χ4v) is 6.10. The lowest BCUT2D eigenvalue weighted by atomic mass is 9.93. The lowest BCUT2D eigenvalue weighted by Crippen LogP contribution is -2.40. The van der Waals surface area contributed by atoms with E-state index in [-0.39, 0.29) is 17.9 Å². The maximum absolute atomic E-state index is 13.9. The highest BCUT2D eigenvalue weighted by molar-refractivity contribution is 9.10. The molecule has 0 saturated heterocycles. The van der Waals surface area contributed by atoms with Crippen molar-refractivity contribution in [1.29, 1.82) is 0 Å². The first-order valence-electron chi connectivity index (χ1n) is 11.8. The van der Waals surface area contributed by atoms with Crippen LogP contribution in [0.25, 0.3) is 11.8 Å². The van der Waals surface area contributed by atoms with Gasteiger partial charge in [-0.1, -0.05) is 69.7 Å². The van der Waals surface area contributed by atoms with E-state index in [2.05, 4.69) is 15.9 Å². The largest absolute Gasteiger partial charge is 0.507 e. The third-order valence-corrected chi connectivity index (χ3v) is 8.30. The molecule has 3 aromatic carbocycles. The Labute approximate surface area is 235 Å². The zero-order valence-electron chi connectivity index (χ0n) is 20.6. The summed E-state index contributed by atoms with van der Waals surface area (Å²) in [5.74, 6) is -0.464. The molecule has 5 rings (SSSR count). The Bertz CT molecular complexity index is 1730. The summed E-state index contributed by atoms with van der Waals surface area (Å²) in [5, 5.41) is 10.4. The van der Waals surface area contributed by atoms with Crippen molar-refractivity contribution in [2.45, 2.75) is 17.9 Å². The number of carbonyl (C=O) groups is 1. The smallest absolute Gasteiger partial charge is 0.338 e. The van der Waals surface area contributed by atoms with Gasteiger partial charge in [0.2, 0.25) is 0 Å². The Kier molecular flexibility index (Phi) is 7.69. The molecule has 0 amide bonds. The van der Waals surface area contributed by atoms with E-state index < -0.39 is 12.0 Å². The molecule has 4 aromatic rings. The average Bonchev–Trinajstić information content (AvgIpc) is 3.25. The van der Waals surface area contributed by atoms with E-state index in [1.807, 2.05) is 60.9 Å². The molecular formula is C29H23BrN2O4S2. The van der Waals surface area contributed by atoms with Crippen LogP contribution in [-0.2, 0) is 9.53 Å². The van der Waals surface area contributed by atoms with Gasteiger partial charge in [-0.3, -0.25) is 9.36 Å². The number of nitrogens with zero attached hydrogens (tertiary/aromatic N) is 2. The molecule has 192 valence electrons. The molecule has 2 heterocycles. The summed E-state index contributed by atoms with van der Waals surface area (Å²) in [6.45, 7) is 1.94. The molecule has 0 radical (unpaired) electrons. The molecule has 0 saturated carbocycles. The van der Waals surface area contributed by atoms with Crippen molar-refractivity contribution in [3.05, 3.63) is 119 Å². The van der Waals surface area contributed by atoms with Gasteiger partial charge in [0.05, 0.1) is 28.5 Å². The first kappa shape index (κ1) is 26.2. The quantitative estimate of drug-likeness (QED) is 0.243. The predicted octanol–water partition coefficient (Wildman–Crippen LogP) is 5.13. The minimum absolute atomic E-state index is 0.0560. The van der Waals surface area contributed by atoms with Crippen molar-refractivity contribution in [1.82, 2.24) is 4.57 Å². The number of thioether (sulfide) groups is 1. The van der Waals surface area contributed by atoms with Gasteiger partial charge in [0, 0.05) is 20.5 Å². The van der Waals surface area contributed by atoms with Crippen LogP contribution in [0.3, 0.4) is 0 Å². The SMILES string of the molecule is CCOC(=O)C1=C(c2ccccc2)N=c2s/c(=C\c3cc(Br)ccc3O)c(=O)n2[C@H]1c1ccc(SC)cc1. The Balaban J connectivity index is 1.83. The van der Waals surface area contributed by atoms with E-state index in [0.29, 0.717) is 26.2 Å². The second-order valence-electron chi connectivity index (χ2n) is 8.41. The molecule has 38 heavy (non-hydrogen) atoms. The highest BCUT2D eigenvalue weighted by atomic mass is 79.9. The van der Waals surface area contributed by atoms with E-state index in [9.17, 15) is 14.7 Å². The lowest BCUT2D eigenvalue weighted by molar-refractivity contribution is -0.138. The molecular weight excluding hydrogens is 584 g/mol. The molecule has 1 aliphatic rings. The Morgan fingerprint density at radius 3 is 2.58 bits per heavy atom. The zero-order valence-corrected chi connectivity index (χ0v) is 23.8. The minimum atomic E-state index is -0.741. The summed E-state index contributed by atoms with van der Waals surface area (Å²) >= 11 is 6.25. The first-order chi connectivity index (χ1) is 18.4. The Hall–Kier alpha value is -3.40. The number of hydrogen-bond acceptors (Lipinski definition) is 7. The van der Waals surface area contributed by atoms with E-state index in [0.717, 1.165) is 20.5 Å². The van der Waals surface area contributed by atoms with Crippen molar-refractivity contribution < 1.29 is 14.6 Å². The van der Waals surface area contributed by atoms with Crippen molar-refractivity contribution in [2.75, 3.05) is 12.9 Å². The van der Waals surface area contributed by atoms with Crippen LogP contribution in [0.2, 0.25) is 0 Å². The van der Waals surface area contributed by atoms with Crippen LogP contribution in [0.5, 0.6) is 5.75 Å². The van der Waals surface area contributed by atoms with Gasteiger partial charge in [0.15, 0.2) is 4.80 Å². The number of fused-ring (bicyclic) bond motifs is 1. The number of halogens is 1. The molecule has 0 fully saturated rings. The molecule has 6 nitrogen and oxygen atoms in total. The van der Waals surface area contributed by atoms with Gasteiger partial charge in [-0.2, -0.15) is 0 Å². The fraction of sp³-hybridized carbons (Fsp3) is 0.138. The summed E-state index contributed by atoms with van der Waals surface area (Å²) in [6, 6.07) is 21.5. The number of esters is 1. The molecule has 1 N–H and O–H groups in total. The molecule has 1 aliphatic heterocycles. The maximum Gasteiger partial charge on any atom is 0.338 e. The van der Waals surface area contributed by atoms with Crippen LogP contribution in [0.15, 0.2) is 97.5 Å². The van der Waals surface area contributed by atoms with Gasteiger partial charge in [-0.15, -0.1) is 11.8 Å². The lowest BCUT2D eigenvalue weighted by Gasteiger charge is -2.26. The predicted molar refractivity (Wildman–Crippen MR) is 155 cm³/mol. The number of aromatic nitrogens is 1. The van der Waals surface area contributed by atoms with Crippen molar-refractivity contribution >= 4 is 56.8 Å². The number of phenolic OH excluding ortho intramolecular Hbond substituents is 1. The number of ether oxygens (including phenoxy) is 1. The molecule has 1 atom stereocenters. The number of thiazole rings is 1. The van der Waals surface area contributed by atoms with Crippen LogP contribution in [0.4, 0.5) is 0 Å². The average molecular weight is 608 g/mol. The third kappa shape index (κ3) is 5.01. The molecule has 0 unspecified atom stereocenters. The minimum Gasteiger partial charge on any atom is -0.507 e. The van der Waals surface area contributed by atoms with Gasteiger partial charge in [0.1, 0.15) is 5.75 Å². The van der Waals surface area contributed by atoms with E-state index in [1.165, 1.54) is 11.3 Å². The maximum atomic E-state index is 13.9. The standard InChI is InChI=1S/C29H23BrN2O4S2/c1-3-36-28(35)24-25(17-7-5-4-6-8-17)31-29-32(26(24)18-9-12-21(37-2)13-10-18)27(34)23(38-29)16-19-15-20(30)11-14-22(19)33/h4-16,26,33H,3H2,1-2H3/b23-16-/t26-/m0/s1. The highest BCUT2D eigenvalue weighted by Gasteiger charge is 2.35. The number of rotatable bonds is 6. The van der Waals surface area contributed by atoms with Crippen LogP contribution in [0.1, 0.15) is 29.7 Å². The summed E-state index contributed by atoms with van der Waals surface area (Å²) < 4.78 is 8.22.